The Morgan fingerprint density at radius 2 is 1.18 bits per heavy atom. The van der Waals surface area contributed by atoms with Crippen molar-refractivity contribution in [2.75, 3.05) is 4.90 Å². The quantitative estimate of drug-likeness (QED) is 0.170. The van der Waals surface area contributed by atoms with Crippen LogP contribution in [0.2, 0.25) is 0 Å². The number of anilines is 2. The first-order chi connectivity index (χ1) is 27.3. The highest BCUT2D eigenvalue weighted by molar-refractivity contribution is 7.27. The molecule has 7 aromatic carbocycles. The smallest absolute Gasteiger partial charge is 0.0598 e. The number of rotatable bonds is 5. The molecule has 1 unspecified atom stereocenters. The molecule has 270 valence electrons. The summed E-state index contributed by atoms with van der Waals surface area (Å²) in [5, 5.41) is 2.68. The van der Waals surface area contributed by atoms with E-state index in [4.69, 9.17) is 0 Å². The number of fused-ring (bicyclic) bond motifs is 10. The van der Waals surface area contributed by atoms with Gasteiger partial charge in [0.2, 0.25) is 0 Å². The molecule has 0 amide bonds. The fourth-order valence-corrected chi connectivity index (χ4v) is 11.4. The SMILES string of the molecule is CC1(C)c2ccccc2-c2ccc(-c3ccc(N(c4cccc5c4sc4c6c(ccc45)C(C)(C)c4ccccc4-6)C4C=CC(c5ccccc5)=CC4)cc3)cc21. The van der Waals surface area contributed by atoms with E-state index in [2.05, 4.69) is 202 Å². The summed E-state index contributed by atoms with van der Waals surface area (Å²) in [5.41, 5.74) is 18.7. The van der Waals surface area contributed by atoms with Crippen LogP contribution in [0.25, 0.3) is 59.1 Å². The van der Waals surface area contributed by atoms with Crippen molar-refractivity contribution in [2.45, 2.75) is 51.0 Å². The molecule has 0 saturated carbocycles. The molecular weight excluding hydrogens is 695 g/mol. The number of hydrogen-bond donors (Lipinski definition) is 0. The molecule has 1 aromatic heterocycles. The molecule has 2 heteroatoms. The number of nitrogens with zero attached hydrogens (tertiary/aromatic N) is 1. The highest BCUT2D eigenvalue weighted by atomic mass is 32.1. The Morgan fingerprint density at radius 3 is 1.95 bits per heavy atom. The van der Waals surface area contributed by atoms with Gasteiger partial charge >= 0.3 is 0 Å². The Hall–Kier alpha value is -5.96. The van der Waals surface area contributed by atoms with Crippen LogP contribution < -0.4 is 4.90 Å². The van der Waals surface area contributed by atoms with E-state index < -0.39 is 0 Å². The normalized spacial score (nSPS) is 17.0. The molecule has 0 fully saturated rings. The van der Waals surface area contributed by atoms with Gasteiger partial charge in [0.05, 0.1) is 16.4 Å². The first kappa shape index (κ1) is 33.4. The zero-order chi connectivity index (χ0) is 37.8. The summed E-state index contributed by atoms with van der Waals surface area (Å²) in [5.74, 6) is 0. The second-order valence-corrected chi connectivity index (χ2v) is 17.8. The summed E-state index contributed by atoms with van der Waals surface area (Å²) < 4.78 is 2.74. The Kier molecular flexibility index (Phi) is 7.31. The van der Waals surface area contributed by atoms with E-state index in [9.17, 15) is 0 Å². The zero-order valence-corrected chi connectivity index (χ0v) is 33.1. The molecule has 11 rings (SSSR count). The summed E-state index contributed by atoms with van der Waals surface area (Å²) in [7, 11) is 0. The molecule has 0 radical (unpaired) electrons. The molecule has 56 heavy (non-hydrogen) atoms. The van der Waals surface area contributed by atoms with Crippen molar-refractivity contribution < 1.29 is 0 Å². The van der Waals surface area contributed by atoms with Crippen molar-refractivity contribution in [3.05, 3.63) is 198 Å². The minimum absolute atomic E-state index is 0.0266. The Balaban J connectivity index is 1.04. The van der Waals surface area contributed by atoms with Crippen LogP contribution in [0, 0.1) is 0 Å². The fraction of sp³-hybridized carbons (Fsp3) is 0.148. The summed E-state index contributed by atoms with van der Waals surface area (Å²) in [6.07, 6.45) is 8.08. The van der Waals surface area contributed by atoms with E-state index in [1.165, 1.54) is 98.3 Å². The van der Waals surface area contributed by atoms with Crippen LogP contribution in [0.4, 0.5) is 11.4 Å². The molecule has 1 nitrogen and oxygen atoms in total. The summed E-state index contributed by atoms with van der Waals surface area (Å²) >= 11 is 1.97. The van der Waals surface area contributed by atoms with E-state index in [0.29, 0.717) is 0 Å². The largest absolute Gasteiger partial charge is 0.333 e. The van der Waals surface area contributed by atoms with Crippen LogP contribution in [-0.2, 0) is 10.8 Å². The van der Waals surface area contributed by atoms with Gasteiger partial charge in [-0.1, -0.05) is 173 Å². The van der Waals surface area contributed by atoms with E-state index in [1.54, 1.807) is 0 Å². The Morgan fingerprint density at radius 1 is 0.518 bits per heavy atom. The second-order valence-electron chi connectivity index (χ2n) is 16.8. The molecule has 0 aliphatic heterocycles. The third-order valence-electron chi connectivity index (χ3n) is 13.0. The maximum Gasteiger partial charge on any atom is 0.0598 e. The number of hydrogen-bond acceptors (Lipinski definition) is 2. The van der Waals surface area contributed by atoms with Gasteiger partial charge in [0.15, 0.2) is 0 Å². The average molecular weight is 738 g/mol. The highest BCUT2D eigenvalue weighted by Crippen LogP contribution is 2.55. The molecule has 0 saturated heterocycles. The minimum Gasteiger partial charge on any atom is -0.333 e. The maximum atomic E-state index is 2.59. The van der Waals surface area contributed by atoms with Gasteiger partial charge in [-0.15, -0.1) is 11.3 Å². The standard InChI is InChI=1S/C54H43NS/c1-53(2)46-19-11-9-16-44(46)50-47(53)32-31-43-42-17-12-20-49(51(42)56-52(43)50)55(38-26-21-35(22-27-38)34-13-6-5-7-14-34)39-28-23-36(24-29-39)37-25-30-41-40-15-8-10-18-45(40)54(3,4)48(41)33-37/h5-26,28-33,38H,27H2,1-4H3. The van der Waals surface area contributed by atoms with Gasteiger partial charge in [-0.2, -0.15) is 0 Å². The molecule has 0 N–H and O–H groups in total. The van der Waals surface area contributed by atoms with Crippen LogP contribution in [0.1, 0.15) is 61.9 Å². The summed E-state index contributed by atoms with van der Waals surface area (Å²) in [4.78, 5) is 2.59. The molecule has 0 spiro atoms. The highest BCUT2D eigenvalue weighted by Gasteiger charge is 2.38. The summed E-state index contributed by atoms with van der Waals surface area (Å²) in [6, 6.07) is 57.0. The average Bonchev–Trinajstić information content (AvgIpc) is 3.82. The van der Waals surface area contributed by atoms with Gasteiger partial charge in [-0.25, -0.2) is 0 Å². The van der Waals surface area contributed by atoms with Crippen LogP contribution in [-0.4, -0.2) is 6.04 Å². The van der Waals surface area contributed by atoms with Gasteiger partial charge in [-0.3, -0.25) is 0 Å². The third kappa shape index (κ3) is 4.85. The number of thiophene rings is 1. The van der Waals surface area contributed by atoms with Gasteiger partial charge in [0.25, 0.3) is 0 Å². The maximum absolute atomic E-state index is 2.59. The van der Waals surface area contributed by atoms with Gasteiger partial charge in [0.1, 0.15) is 0 Å². The van der Waals surface area contributed by atoms with Crippen molar-refractivity contribution >= 4 is 48.5 Å². The van der Waals surface area contributed by atoms with E-state index in [-0.39, 0.29) is 16.9 Å². The molecule has 8 aromatic rings. The Labute approximate surface area is 333 Å². The molecule has 1 atom stereocenters. The molecule has 1 heterocycles. The first-order valence-corrected chi connectivity index (χ1v) is 20.8. The lowest BCUT2D eigenvalue weighted by atomic mass is 9.81. The lowest BCUT2D eigenvalue weighted by Crippen LogP contribution is -2.30. The van der Waals surface area contributed by atoms with Crippen LogP contribution >= 0.6 is 11.3 Å². The monoisotopic (exact) mass is 737 g/mol. The van der Waals surface area contributed by atoms with Crippen molar-refractivity contribution in [1.29, 1.82) is 0 Å². The second kappa shape index (κ2) is 12.3. The predicted octanol–water partition coefficient (Wildman–Crippen LogP) is 14.9. The van der Waals surface area contributed by atoms with Crippen molar-refractivity contribution in [1.82, 2.24) is 0 Å². The number of benzene rings is 7. The van der Waals surface area contributed by atoms with Gasteiger partial charge in [-0.05, 0) is 91.9 Å². The van der Waals surface area contributed by atoms with Crippen LogP contribution in [0.3, 0.4) is 0 Å². The van der Waals surface area contributed by atoms with Crippen molar-refractivity contribution in [2.24, 2.45) is 0 Å². The van der Waals surface area contributed by atoms with Gasteiger partial charge < -0.3 is 4.90 Å². The molecule has 3 aliphatic rings. The molecule has 3 aliphatic carbocycles. The lowest BCUT2D eigenvalue weighted by molar-refractivity contribution is 0.660. The topological polar surface area (TPSA) is 3.24 Å². The number of allylic oxidation sites excluding steroid dienone is 2. The lowest BCUT2D eigenvalue weighted by Gasteiger charge is -2.34. The van der Waals surface area contributed by atoms with E-state index in [1.807, 2.05) is 11.3 Å². The molecule has 0 bridgehead atoms. The fourth-order valence-electron chi connectivity index (χ4n) is 10.1. The summed E-state index contributed by atoms with van der Waals surface area (Å²) in [6.45, 7) is 9.48. The van der Waals surface area contributed by atoms with Gasteiger partial charge in [0, 0.05) is 37.6 Å². The third-order valence-corrected chi connectivity index (χ3v) is 14.3. The van der Waals surface area contributed by atoms with Crippen LogP contribution in [0.15, 0.2) is 170 Å². The Bertz CT molecular complexity index is 2940. The van der Waals surface area contributed by atoms with Crippen molar-refractivity contribution in [3.63, 3.8) is 0 Å². The zero-order valence-electron chi connectivity index (χ0n) is 32.3. The minimum atomic E-state index is -0.0288. The first-order valence-electron chi connectivity index (χ1n) is 20.0. The van der Waals surface area contributed by atoms with E-state index >= 15 is 0 Å². The van der Waals surface area contributed by atoms with E-state index in [0.717, 1.165) is 6.42 Å². The van der Waals surface area contributed by atoms with Crippen molar-refractivity contribution in [3.8, 4) is 33.4 Å². The molecular formula is C54H43NS. The predicted molar refractivity (Wildman–Crippen MR) is 240 cm³/mol. The van der Waals surface area contributed by atoms with Crippen LogP contribution in [0.5, 0.6) is 0 Å².